The molecule has 0 atom stereocenters. The number of piperidine rings is 1. The van der Waals surface area contributed by atoms with Gasteiger partial charge in [0.15, 0.2) is 5.65 Å². The maximum Gasteiger partial charge on any atom is 0.257 e. The monoisotopic (exact) mass is 487 g/mol. The summed E-state index contributed by atoms with van der Waals surface area (Å²) in [5, 5.41) is 4.47. The molecule has 3 aromatic rings. The predicted octanol–water partition coefficient (Wildman–Crippen LogP) is 3.91. The molecule has 4 heterocycles. The first-order valence-corrected chi connectivity index (χ1v) is 12.7. The Labute approximate surface area is 211 Å². The van der Waals surface area contributed by atoms with Crippen LogP contribution in [0.15, 0.2) is 42.6 Å². The van der Waals surface area contributed by atoms with Crippen molar-refractivity contribution in [2.45, 2.75) is 40.0 Å². The van der Waals surface area contributed by atoms with Gasteiger partial charge in [-0.3, -0.25) is 9.59 Å². The van der Waals surface area contributed by atoms with E-state index in [4.69, 9.17) is 4.74 Å². The fraction of sp³-hybridized carbons (Fsp3) is 0.429. The van der Waals surface area contributed by atoms with Crippen LogP contribution in [-0.2, 0) is 4.79 Å². The Morgan fingerprint density at radius 1 is 1.08 bits per heavy atom. The topological polar surface area (TPSA) is 80.0 Å². The Morgan fingerprint density at radius 2 is 1.81 bits per heavy atom. The second-order valence-corrected chi connectivity index (χ2v) is 9.92. The molecule has 0 radical (unpaired) electrons. The number of likely N-dealkylation sites (tertiary alicyclic amines) is 2. The van der Waals surface area contributed by atoms with Crippen LogP contribution in [0, 0.1) is 19.3 Å². The van der Waals surface area contributed by atoms with Crippen molar-refractivity contribution in [2.75, 3.05) is 32.8 Å². The lowest BCUT2D eigenvalue weighted by Crippen LogP contribution is -2.44. The molecular formula is C28H33N5O3. The lowest BCUT2D eigenvalue weighted by Gasteiger charge is -2.39. The molecule has 2 aliphatic rings. The second-order valence-electron chi connectivity index (χ2n) is 9.92. The van der Waals surface area contributed by atoms with Gasteiger partial charge in [-0.2, -0.15) is 5.10 Å². The largest absolute Gasteiger partial charge is 0.493 e. The summed E-state index contributed by atoms with van der Waals surface area (Å²) >= 11 is 0. The number of rotatable bonds is 5. The number of carbonyl (C=O) groups is 2. The molecule has 2 aromatic heterocycles. The fourth-order valence-corrected chi connectivity index (χ4v) is 5.43. The highest BCUT2D eigenvalue weighted by molar-refractivity contribution is 5.95. The van der Waals surface area contributed by atoms with Gasteiger partial charge in [-0.25, -0.2) is 9.50 Å². The van der Waals surface area contributed by atoms with E-state index < -0.39 is 0 Å². The maximum absolute atomic E-state index is 13.4. The molecule has 0 saturated carbocycles. The molecule has 2 aliphatic heterocycles. The van der Waals surface area contributed by atoms with Gasteiger partial charge in [0, 0.05) is 50.1 Å². The van der Waals surface area contributed by atoms with Crippen molar-refractivity contribution in [3.8, 4) is 5.75 Å². The van der Waals surface area contributed by atoms with Crippen LogP contribution in [0.1, 0.15) is 53.5 Å². The third kappa shape index (κ3) is 4.59. The summed E-state index contributed by atoms with van der Waals surface area (Å²) in [5.74, 6) is 0.817. The summed E-state index contributed by atoms with van der Waals surface area (Å²) in [5.41, 5.74) is 4.03. The summed E-state index contributed by atoms with van der Waals surface area (Å²) < 4.78 is 7.40. The number of carbonyl (C=O) groups excluding carboxylic acids is 2. The standard InChI is InChI=1S/C28H33N5O3/c1-4-36-24-8-6-5-7-22(24)9-10-26(34)31-14-11-28(12-15-31)13-16-32(19-28)27(35)23-18-29-25-17-20(2)30-33(25)21(23)3/h5-10,17-18H,4,11-16,19H2,1-3H3/b10-9+. The normalized spacial score (nSPS) is 17.4. The minimum Gasteiger partial charge on any atom is -0.493 e. The first kappa shape index (κ1) is 24.0. The zero-order valence-corrected chi connectivity index (χ0v) is 21.2. The number of aryl methyl sites for hydroxylation is 2. The van der Waals surface area contributed by atoms with E-state index in [0.717, 1.165) is 60.7 Å². The summed E-state index contributed by atoms with van der Waals surface area (Å²) in [6, 6.07) is 9.65. The zero-order chi connectivity index (χ0) is 25.3. The van der Waals surface area contributed by atoms with Crippen LogP contribution in [0.3, 0.4) is 0 Å². The van der Waals surface area contributed by atoms with E-state index in [1.165, 1.54) is 0 Å². The maximum atomic E-state index is 13.4. The lowest BCUT2D eigenvalue weighted by molar-refractivity contribution is -0.128. The summed E-state index contributed by atoms with van der Waals surface area (Å²) in [6.45, 7) is 9.24. The average Bonchev–Trinajstić information content (AvgIpc) is 3.47. The highest BCUT2D eigenvalue weighted by atomic mass is 16.5. The van der Waals surface area contributed by atoms with Crippen molar-refractivity contribution >= 4 is 23.5 Å². The van der Waals surface area contributed by atoms with Crippen LogP contribution in [-0.4, -0.2) is 69.0 Å². The van der Waals surface area contributed by atoms with Crippen LogP contribution >= 0.6 is 0 Å². The summed E-state index contributed by atoms with van der Waals surface area (Å²) in [4.78, 5) is 34.5. The van der Waals surface area contributed by atoms with Crippen molar-refractivity contribution in [3.63, 3.8) is 0 Å². The molecule has 8 nitrogen and oxygen atoms in total. The van der Waals surface area contributed by atoms with Crippen molar-refractivity contribution in [3.05, 3.63) is 65.1 Å². The van der Waals surface area contributed by atoms with Gasteiger partial charge in [-0.15, -0.1) is 0 Å². The highest BCUT2D eigenvalue weighted by Gasteiger charge is 2.43. The van der Waals surface area contributed by atoms with Gasteiger partial charge in [0.05, 0.1) is 23.6 Å². The number of aromatic nitrogens is 3. The van der Waals surface area contributed by atoms with Gasteiger partial charge >= 0.3 is 0 Å². The van der Waals surface area contributed by atoms with Gasteiger partial charge in [-0.1, -0.05) is 18.2 Å². The summed E-state index contributed by atoms with van der Waals surface area (Å²) in [6.07, 6.45) is 7.93. The second kappa shape index (κ2) is 9.76. The molecule has 36 heavy (non-hydrogen) atoms. The van der Waals surface area contributed by atoms with Crippen molar-refractivity contribution in [1.29, 1.82) is 0 Å². The number of amides is 2. The molecule has 0 unspecified atom stereocenters. The zero-order valence-electron chi connectivity index (χ0n) is 21.2. The number of ether oxygens (including phenoxy) is 1. The number of hydrogen-bond acceptors (Lipinski definition) is 5. The van der Waals surface area contributed by atoms with Gasteiger partial charge in [0.2, 0.25) is 5.91 Å². The van der Waals surface area contributed by atoms with Gasteiger partial charge in [0.1, 0.15) is 5.75 Å². The van der Waals surface area contributed by atoms with E-state index >= 15 is 0 Å². The third-order valence-corrected chi connectivity index (χ3v) is 7.56. The lowest BCUT2D eigenvalue weighted by atomic mass is 9.77. The van der Waals surface area contributed by atoms with E-state index in [-0.39, 0.29) is 17.2 Å². The minimum atomic E-state index is 0.0151. The molecule has 1 aromatic carbocycles. The van der Waals surface area contributed by atoms with Gasteiger partial charge in [0.25, 0.3) is 5.91 Å². The van der Waals surface area contributed by atoms with Crippen molar-refractivity contribution in [1.82, 2.24) is 24.4 Å². The Bertz CT molecular complexity index is 1320. The van der Waals surface area contributed by atoms with Gasteiger partial charge in [-0.05, 0) is 57.6 Å². The number of nitrogens with zero attached hydrogens (tertiary/aromatic N) is 5. The minimum absolute atomic E-state index is 0.0151. The van der Waals surface area contributed by atoms with E-state index in [9.17, 15) is 9.59 Å². The average molecular weight is 488 g/mol. The SMILES string of the molecule is CCOc1ccccc1/C=C/C(=O)N1CCC2(CC1)CCN(C(=O)c1cnc3cc(C)nn3c1C)C2. The third-order valence-electron chi connectivity index (χ3n) is 7.56. The first-order chi connectivity index (χ1) is 17.4. The Hall–Kier alpha value is -3.68. The molecule has 0 bridgehead atoms. The number of benzene rings is 1. The van der Waals surface area contributed by atoms with E-state index in [2.05, 4.69) is 10.1 Å². The molecule has 2 saturated heterocycles. The number of fused-ring (bicyclic) bond motifs is 1. The van der Waals surface area contributed by atoms with Crippen molar-refractivity contribution < 1.29 is 14.3 Å². The molecule has 188 valence electrons. The predicted molar refractivity (Wildman–Crippen MR) is 138 cm³/mol. The summed E-state index contributed by atoms with van der Waals surface area (Å²) in [7, 11) is 0. The Morgan fingerprint density at radius 3 is 2.56 bits per heavy atom. The van der Waals surface area contributed by atoms with Crippen LogP contribution < -0.4 is 4.74 Å². The highest BCUT2D eigenvalue weighted by Crippen LogP contribution is 2.41. The molecule has 8 heteroatoms. The smallest absolute Gasteiger partial charge is 0.257 e. The molecule has 2 fully saturated rings. The van der Waals surface area contributed by atoms with Crippen LogP contribution in [0.2, 0.25) is 0 Å². The van der Waals surface area contributed by atoms with Crippen LogP contribution in [0.5, 0.6) is 5.75 Å². The molecule has 2 amide bonds. The van der Waals surface area contributed by atoms with Crippen LogP contribution in [0.4, 0.5) is 0 Å². The Balaban J connectivity index is 1.20. The number of para-hydroxylation sites is 1. The molecular weight excluding hydrogens is 454 g/mol. The molecule has 0 N–H and O–H groups in total. The fourth-order valence-electron chi connectivity index (χ4n) is 5.43. The first-order valence-electron chi connectivity index (χ1n) is 12.7. The van der Waals surface area contributed by atoms with E-state index in [1.54, 1.807) is 16.8 Å². The van der Waals surface area contributed by atoms with E-state index in [0.29, 0.717) is 25.3 Å². The quantitative estimate of drug-likeness (QED) is 0.510. The van der Waals surface area contributed by atoms with Crippen LogP contribution in [0.25, 0.3) is 11.7 Å². The molecule has 0 aliphatic carbocycles. The van der Waals surface area contributed by atoms with E-state index in [1.807, 2.05) is 67.0 Å². The number of hydrogen-bond donors (Lipinski definition) is 0. The van der Waals surface area contributed by atoms with Crippen molar-refractivity contribution in [2.24, 2.45) is 5.41 Å². The molecule has 5 rings (SSSR count). The van der Waals surface area contributed by atoms with Gasteiger partial charge < -0.3 is 14.5 Å². The molecule has 1 spiro atoms. The Kier molecular flexibility index (Phi) is 6.51.